The molecule has 1 heterocycles. The molecule has 4 N–H and O–H groups in total. The molecule has 1 aromatic heterocycles. The maximum Gasteiger partial charge on any atom is 0.267 e. The van der Waals surface area contributed by atoms with E-state index in [9.17, 15) is 9.90 Å². The molecule has 0 aliphatic heterocycles. The molecular formula is C16H20N2O4. The largest absolute Gasteiger partial charge is 0.497 e. The molecule has 3 atom stereocenters. The van der Waals surface area contributed by atoms with Gasteiger partial charge in [0.2, 0.25) is 0 Å². The maximum absolute atomic E-state index is 12.3. The van der Waals surface area contributed by atoms with E-state index in [-0.39, 0.29) is 24.5 Å². The van der Waals surface area contributed by atoms with E-state index in [1.165, 1.54) is 0 Å². The molecule has 118 valence electrons. The number of aromatic amines is 1. The molecule has 6 nitrogen and oxygen atoms in total. The maximum atomic E-state index is 12.3. The van der Waals surface area contributed by atoms with Gasteiger partial charge in [-0.05, 0) is 31.0 Å². The van der Waals surface area contributed by atoms with E-state index in [2.05, 4.69) is 10.3 Å². The second-order valence-electron chi connectivity index (χ2n) is 5.79. The zero-order valence-electron chi connectivity index (χ0n) is 12.4. The molecule has 0 spiro atoms. The summed E-state index contributed by atoms with van der Waals surface area (Å²) in [6.45, 7) is -0.0558. The molecule has 2 aromatic rings. The van der Waals surface area contributed by atoms with E-state index in [1.807, 2.05) is 18.2 Å². The number of ether oxygens (including phenoxy) is 1. The third-order valence-electron chi connectivity index (χ3n) is 4.30. The van der Waals surface area contributed by atoms with Crippen molar-refractivity contribution in [2.45, 2.75) is 25.0 Å². The number of amides is 1. The number of H-pyrrole nitrogens is 1. The average molecular weight is 304 g/mol. The fourth-order valence-electron chi connectivity index (χ4n) is 3.04. The summed E-state index contributed by atoms with van der Waals surface area (Å²) in [7, 11) is 1.60. The highest BCUT2D eigenvalue weighted by Gasteiger charge is 2.33. The van der Waals surface area contributed by atoms with Gasteiger partial charge in [-0.15, -0.1) is 0 Å². The molecule has 3 rings (SSSR count). The van der Waals surface area contributed by atoms with E-state index in [1.54, 1.807) is 13.2 Å². The van der Waals surface area contributed by atoms with Gasteiger partial charge in [-0.3, -0.25) is 4.79 Å². The van der Waals surface area contributed by atoms with Crippen LogP contribution in [0.5, 0.6) is 5.75 Å². The van der Waals surface area contributed by atoms with Gasteiger partial charge < -0.3 is 25.3 Å². The summed E-state index contributed by atoms with van der Waals surface area (Å²) >= 11 is 0. The number of benzene rings is 1. The van der Waals surface area contributed by atoms with Crippen molar-refractivity contribution in [1.82, 2.24) is 10.3 Å². The molecule has 1 amide bonds. The van der Waals surface area contributed by atoms with Crippen LogP contribution in [0, 0.1) is 5.92 Å². The Morgan fingerprint density at radius 2 is 2.23 bits per heavy atom. The fraction of sp³-hybridized carbons (Fsp3) is 0.438. The molecule has 0 saturated heterocycles. The predicted molar refractivity (Wildman–Crippen MR) is 81.9 cm³/mol. The minimum absolute atomic E-state index is 0.0558. The normalized spacial score (nSPS) is 24.6. The lowest BCUT2D eigenvalue weighted by Gasteiger charge is -2.11. The highest BCUT2D eigenvalue weighted by molar-refractivity contribution is 5.98. The van der Waals surface area contributed by atoms with Gasteiger partial charge in [-0.2, -0.15) is 0 Å². The van der Waals surface area contributed by atoms with Crippen molar-refractivity contribution in [1.29, 1.82) is 0 Å². The number of aliphatic hydroxyl groups is 2. The SMILES string of the molecule is COc1ccc2cc(C(=O)N[C@H]3C[C@@H](CO)[C@H](O)C3)[nH]c2c1. The standard InChI is InChI=1S/C16H20N2O4/c1-22-12-3-2-9-5-14(18-13(9)7-12)16(21)17-11-4-10(8-19)15(20)6-11/h2-3,5,7,10-11,15,18-20H,4,6,8H2,1H3,(H,17,21)/t10-,11-,15+/m0/s1. The molecule has 0 unspecified atom stereocenters. The first-order chi connectivity index (χ1) is 10.6. The first-order valence-corrected chi connectivity index (χ1v) is 7.37. The number of aromatic nitrogens is 1. The van der Waals surface area contributed by atoms with E-state index in [0.717, 1.165) is 16.7 Å². The van der Waals surface area contributed by atoms with Gasteiger partial charge in [-0.1, -0.05) is 0 Å². The van der Waals surface area contributed by atoms with Gasteiger partial charge in [0.15, 0.2) is 0 Å². The van der Waals surface area contributed by atoms with Crippen LogP contribution in [0.25, 0.3) is 10.9 Å². The van der Waals surface area contributed by atoms with Crippen molar-refractivity contribution in [2.24, 2.45) is 5.92 Å². The summed E-state index contributed by atoms with van der Waals surface area (Å²) < 4.78 is 5.16. The van der Waals surface area contributed by atoms with Crippen LogP contribution < -0.4 is 10.1 Å². The summed E-state index contributed by atoms with van der Waals surface area (Å²) in [5.41, 5.74) is 1.31. The van der Waals surface area contributed by atoms with Gasteiger partial charge in [0.1, 0.15) is 11.4 Å². The number of hydrogen-bond acceptors (Lipinski definition) is 4. The van der Waals surface area contributed by atoms with Crippen LogP contribution in [0.4, 0.5) is 0 Å². The first-order valence-electron chi connectivity index (χ1n) is 7.37. The third-order valence-corrected chi connectivity index (χ3v) is 4.30. The van der Waals surface area contributed by atoms with Crippen LogP contribution >= 0.6 is 0 Å². The van der Waals surface area contributed by atoms with Crippen molar-refractivity contribution in [3.05, 3.63) is 30.0 Å². The lowest BCUT2D eigenvalue weighted by atomic mass is 10.1. The van der Waals surface area contributed by atoms with Gasteiger partial charge in [0.05, 0.1) is 13.2 Å². The lowest BCUT2D eigenvalue weighted by Crippen LogP contribution is -2.33. The van der Waals surface area contributed by atoms with Crippen LogP contribution in [0.1, 0.15) is 23.3 Å². The van der Waals surface area contributed by atoms with Gasteiger partial charge in [0.25, 0.3) is 5.91 Å². The number of aliphatic hydroxyl groups excluding tert-OH is 2. The monoisotopic (exact) mass is 304 g/mol. The summed E-state index contributed by atoms with van der Waals surface area (Å²) in [5.74, 6) is 0.370. The van der Waals surface area contributed by atoms with Crippen LogP contribution in [0.3, 0.4) is 0 Å². The molecular weight excluding hydrogens is 284 g/mol. The average Bonchev–Trinajstić information content (AvgIpc) is 3.09. The molecule has 22 heavy (non-hydrogen) atoms. The van der Waals surface area contributed by atoms with Crippen molar-refractivity contribution in [2.75, 3.05) is 13.7 Å². The second-order valence-corrected chi connectivity index (χ2v) is 5.79. The van der Waals surface area contributed by atoms with Gasteiger partial charge in [0, 0.05) is 35.5 Å². The number of fused-ring (bicyclic) bond motifs is 1. The quantitative estimate of drug-likeness (QED) is 0.679. The smallest absolute Gasteiger partial charge is 0.267 e. The molecule has 6 heteroatoms. The molecule has 0 radical (unpaired) electrons. The zero-order chi connectivity index (χ0) is 15.7. The Hall–Kier alpha value is -2.05. The minimum Gasteiger partial charge on any atom is -0.497 e. The molecule has 1 aliphatic rings. The van der Waals surface area contributed by atoms with Crippen molar-refractivity contribution in [3.8, 4) is 5.75 Å². The Bertz CT molecular complexity index is 682. The van der Waals surface area contributed by atoms with Crippen LogP contribution in [-0.2, 0) is 0 Å². The van der Waals surface area contributed by atoms with Crippen molar-refractivity contribution < 1.29 is 19.7 Å². The molecule has 0 bridgehead atoms. The molecule has 1 aliphatic carbocycles. The molecule has 1 saturated carbocycles. The summed E-state index contributed by atoms with van der Waals surface area (Å²) in [6, 6.07) is 7.26. The Morgan fingerprint density at radius 1 is 1.41 bits per heavy atom. The Morgan fingerprint density at radius 3 is 2.91 bits per heavy atom. The van der Waals surface area contributed by atoms with E-state index in [4.69, 9.17) is 9.84 Å². The zero-order valence-corrected chi connectivity index (χ0v) is 12.4. The lowest BCUT2D eigenvalue weighted by molar-refractivity contribution is 0.0902. The number of rotatable bonds is 4. The van der Waals surface area contributed by atoms with E-state index >= 15 is 0 Å². The van der Waals surface area contributed by atoms with Crippen molar-refractivity contribution in [3.63, 3.8) is 0 Å². The predicted octanol–water partition coefficient (Wildman–Crippen LogP) is 1.04. The number of carbonyl (C=O) groups is 1. The summed E-state index contributed by atoms with van der Waals surface area (Å²) in [6.07, 6.45) is 0.518. The number of carbonyl (C=O) groups excluding carboxylic acids is 1. The van der Waals surface area contributed by atoms with Crippen LogP contribution in [0.2, 0.25) is 0 Å². The first kappa shape index (κ1) is 14.9. The number of methoxy groups -OCH3 is 1. The van der Waals surface area contributed by atoms with Crippen LogP contribution in [-0.4, -0.2) is 47.0 Å². The summed E-state index contributed by atoms with van der Waals surface area (Å²) in [5, 5.41) is 22.8. The number of hydrogen-bond donors (Lipinski definition) is 4. The highest BCUT2D eigenvalue weighted by Crippen LogP contribution is 2.26. The third kappa shape index (κ3) is 2.80. The molecule has 1 aromatic carbocycles. The summed E-state index contributed by atoms with van der Waals surface area (Å²) in [4.78, 5) is 15.4. The Labute approximate surface area is 128 Å². The topological polar surface area (TPSA) is 94.6 Å². The number of nitrogens with one attached hydrogen (secondary N) is 2. The minimum atomic E-state index is -0.553. The van der Waals surface area contributed by atoms with Crippen LogP contribution in [0.15, 0.2) is 24.3 Å². The van der Waals surface area contributed by atoms with E-state index in [0.29, 0.717) is 18.5 Å². The second kappa shape index (κ2) is 5.98. The van der Waals surface area contributed by atoms with Crippen molar-refractivity contribution >= 4 is 16.8 Å². The fourth-order valence-corrected chi connectivity index (χ4v) is 3.04. The van der Waals surface area contributed by atoms with Gasteiger partial charge >= 0.3 is 0 Å². The Balaban J connectivity index is 1.72. The van der Waals surface area contributed by atoms with Gasteiger partial charge in [-0.25, -0.2) is 0 Å². The molecule has 1 fully saturated rings. The van der Waals surface area contributed by atoms with E-state index < -0.39 is 6.10 Å². The Kier molecular flexibility index (Phi) is 4.04. The highest BCUT2D eigenvalue weighted by atomic mass is 16.5.